The predicted octanol–water partition coefficient (Wildman–Crippen LogP) is 1.61. The van der Waals surface area contributed by atoms with E-state index in [-0.39, 0.29) is 12.0 Å². The first-order chi connectivity index (χ1) is 9.28. The van der Waals surface area contributed by atoms with E-state index in [9.17, 15) is 4.79 Å². The maximum atomic E-state index is 11.0. The standard InChI is InChI=1S/C14H16N2O3/c1-2-13(17)15-9-12-8-14(16-19-12)18-10-11-6-4-3-5-7-11/h2-7,12H,1,8-10H2,(H,15,17). The van der Waals surface area contributed by atoms with Crippen LogP contribution in [0.5, 0.6) is 0 Å². The minimum atomic E-state index is -0.220. The summed E-state index contributed by atoms with van der Waals surface area (Å²) in [5.41, 5.74) is 1.08. The Labute approximate surface area is 111 Å². The lowest BCUT2D eigenvalue weighted by Crippen LogP contribution is -2.31. The van der Waals surface area contributed by atoms with Gasteiger partial charge in [-0.25, -0.2) is 0 Å². The van der Waals surface area contributed by atoms with Gasteiger partial charge in [0, 0.05) is 0 Å². The highest BCUT2D eigenvalue weighted by molar-refractivity contribution is 5.86. The molecular formula is C14H16N2O3. The molecule has 1 heterocycles. The number of carbonyl (C=O) groups excluding carboxylic acids is 1. The Bertz CT molecular complexity index is 471. The normalized spacial score (nSPS) is 17.3. The molecule has 5 heteroatoms. The number of rotatable bonds is 5. The summed E-state index contributed by atoms with van der Waals surface area (Å²) in [4.78, 5) is 16.2. The van der Waals surface area contributed by atoms with Gasteiger partial charge in [0.15, 0.2) is 6.10 Å². The zero-order chi connectivity index (χ0) is 13.5. The molecule has 0 aromatic heterocycles. The van der Waals surface area contributed by atoms with Gasteiger partial charge in [-0.15, -0.1) is 0 Å². The van der Waals surface area contributed by atoms with Crippen molar-refractivity contribution in [2.45, 2.75) is 19.1 Å². The van der Waals surface area contributed by atoms with E-state index >= 15 is 0 Å². The average Bonchev–Trinajstić information content (AvgIpc) is 2.91. The molecule has 0 bridgehead atoms. The predicted molar refractivity (Wildman–Crippen MR) is 71.4 cm³/mol. The van der Waals surface area contributed by atoms with Crippen molar-refractivity contribution in [3.05, 3.63) is 48.6 Å². The first-order valence-corrected chi connectivity index (χ1v) is 6.07. The number of benzene rings is 1. The zero-order valence-corrected chi connectivity index (χ0v) is 10.5. The number of nitrogens with zero attached hydrogens (tertiary/aromatic N) is 1. The molecule has 0 saturated heterocycles. The molecule has 1 aromatic carbocycles. The van der Waals surface area contributed by atoms with Gasteiger partial charge in [-0.3, -0.25) is 4.79 Å². The van der Waals surface area contributed by atoms with Gasteiger partial charge in [-0.1, -0.05) is 42.1 Å². The van der Waals surface area contributed by atoms with Gasteiger partial charge in [0.25, 0.3) is 0 Å². The number of nitrogens with one attached hydrogen (secondary N) is 1. The second-order valence-electron chi connectivity index (χ2n) is 4.14. The van der Waals surface area contributed by atoms with Gasteiger partial charge < -0.3 is 14.9 Å². The molecule has 1 aliphatic heterocycles. The third-order valence-electron chi connectivity index (χ3n) is 2.64. The molecule has 0 radical (unpaired) electrons. The lowest BCUT2D eigenvalue weighted by atomic mass is 10.2. The van der Waals surface area contributed by atoms with Crippen LogP contribution >= 0.6 is 0 Å². The van der Waals surface area contributed by atoms with E-state index in [1.54, 1.807) is 0 Å². The average molecular weight is 260 g/mol. The van der Waals surface area contributed by atoms with Gasteiger partial charge in [0.2, 0.25) is 11.8 Å². The number of amides is 1. The van der Waals surface area contributed by atoms with Crippen molar-refractivity contribution in [3.8, 4) is 0 Å². The van der Waals surface area contributed by atoms with Crippen molar-refractivity contribution in [3.63, 3.8) is 0 Å². The Balaban J connectivity index is 1.70. The van der Waals surface area contributed by atoms with Gasteiger partial charge >= 0.3 is 0 Å². The Morgan fingerprint density at radius 3 is 3.05 bits per heavy atom. The summed E-state index contributed by atoms with van der Waals surface area (Å²) in [5, 5.41) is 6.51. The summed E-state index contributed by atoms with van der Waals surface area (Å²) in [7, 11) is 0. The minimum absolute atomic E-state index is 0.172. The second-order valence-corrected chi connectivity index (χ2v) is 4.14. The van der Waals surface area contributed by atoms with E-state index in [0.717, 1.165) is 5.56 Å². The summed E-state index contributed by atoms with van der Waals surface area (Å²) in [6.07, 6.45) is 1.61. The van der Waals surface area contributed by atoms with Crippen molar-refractivity contribution in [2.24, 2.45) is 5.16 Å². The fraction of sp³-hybridized carbons (Fsp3) is 0.286. The summed E-state index contributed by atoms with van der Waals surface area (Å²) in [6, 6.07) is 9.84. The Hall–Kier alpha value is -2.30. The van der Waals surface area contributed by atoms with Crippen LogP contribution in [0.15, 0.2) is 48.1 Å². The van der Waals surface area contributed by atoms with Gasteiger partial charge in [-0.05, 0) is 11.6 Å². The van der Waals surface area contributed by atoms with Crippen LogP contribution in [0.2, 0.25) is 0 Å². The fourth-order valence-corrected chi connectivity index (χ4v) is 1.62. The summed E-state index contributed by atoms with van der Waals surface area (Å²) in [5.74, 6) is 0.337. The highest BCUT2D eigenvalue weighted by atomic mass is 16.7. The third kappa shape index (κ3) is 4.13. The molecule has 0 saturated carbocycles. The molecular weight excluding hydrogens is 244 g/mol. The molecule has 19 heavy (non-hydrogen) atoms. The first-order valence-electron chi connectivity index (χ1n) is 6.07. The number of oxime groups is 1. The van der Waals surface area contributed by atoms with Crippen molar-refractivity contribution in [1.29, 1.82) is 0 Å². The molecule has 1 unspecified atom stereocenters. The van der Waals surface area contributed by atoms with Crippen molar-refractivity contribution >= 4 is 11.8 Å². The van der Waals surface area contributed by atoms with Crippen LogP contribution in [0.1, 0.15) is 12.0 Å². The van der Waals surface area contributed by atoms with Crippen molar-refractivity contribution in [1.82, 2.24) is 5.32 Å². The van der Waals surface area contributed by atoms with Crippen LogP contribution in [0.4, 0.5) is 0 Å². The summed E-state index contributed by atoms with van der Waals surface area (Å²) < 4.78 is 5.54. The van der Waals surface area contributed by atoms with Crippen molar-refractivity contribution < 1.29 is 14.4 Å². The van der Waals surface area contributed by atoms with Crippen LogP contribution in [-0.4, -0.2) is 24.5 Å². The summed E-state index contributed by atoms with van der Waals surface area (Å²) >= 11 is 0. The zero-order valence-electron chi connectivity index (χ0n) is 10.5. The monoisotopic (exact) mass is 260 g/mol. The van der Waals surface area contributed by atoms with Gasteiger partial charge in [0.05, 0.1) is 13.0 Å². The lowest BCUT2D eigenvalue weighted by molar-refractivity contribution is -0.117. The first kappa shape index (κ1) is 13.1. The molecule has 2 rings (SSSR count). The smallest absolute Gasteiger partial charge is 0.243 e. The summed E-state index contributed by atoms with van der Waals surface area (Å²) in [6.45, 7) is 4.24. The molecule has 0 spiro atoms. The van der Waals surface area contributed by atoms with E-state index < -0.39 is 0 Å². The molecule has 0 fully saturated rings. The molecule has 1 aliphatic rings. The van der Waals surface area contributed by atoms with E-state index in [2.05, 4.69) is 17.1 Å². The Kier molecular flexibility index (Phi) is 4.55. The van der Waals surface area contributed by atoms with Crippen LogP contribution < -0.4 is 5.32 Å². The van der Waals surface area contributed by atoms with E-state index in [1.165, 1.54) is 6.08 Å². The maximum Gasteiger partial charge on any atom is 0.243 e. The van der Waals surface area contributed by atoms with Crippen molar-refractivity contribution in [2.75, 3.05) is 6.54 Å². The molecule has 1 amide bonds. The van der Waals surface area contributed by atoms with Crippen LogP contribution in [0.25, 0.3) is 0 Å². The molecule has 1 atom stereocenters. The van der Waals surface area contributed by atoms with Crippen LogP contribution in [-0.2, 0) is 21.0 Å². The largest absolute Gasteiger partial charge is 0.474 e. The van der Waals surface area contributed by atoms with Crippen LogP contribution in [0.3, 0.4) is 0 Å². The van der Waals surface area contributed by atoms with E-state index in [1.807, 2.05) is 30.3 Å². The highest BCUT2D eigenvalue weighted by Crippen LogP contribution is 2.12. The molecule has 0 aliphatic carbocycles. The quantitative estimate of drug-likeness (QED) is 0.818. The minimum Gasteiger partial charge on any atom is -0.474 e. The van der Waals surface area contributed by atoms with Crippen LogP contribution in [0, 0.1) is 0 Å². The number of carbonyl (C=O) groups is 1. The SMILES string of the molecule is C=CC(=O)NCC1CC(OCc2ccccc2)=NO1. The fourth-order valence-electron chi connectivity index (χ4n) is 1.62. The lowest BCUT2D eigenvalue weighted by Gasteiger charge is -2.08. The molecule has 100 valence electrons. The third-order valence-corrected chi connectivity index (χ3v) is 2.64. The molecule has 1 aromatic rings. The number of hydrogen-bond donors (Lipinski definition) is 1. The second kappa shape index (κ2) is 6.58. The topological polar surface area (TPSA) is 59.9 Å². The van der Waals surface area contributed by atoms with E-state index in [4.69, 9.17) is 9.57 Å². The highest BCUT2D eigenvalue weighted by Gasteiger charge is 2.22. The number of ether oxygens (including phenoxy) is 1. The van der Waals surface area contributed by atoms with Gasteiger partial charge in [-0.2, -0.15) is 0 Å². The number of hydrogen-bond acceptors (Lipinski definition) is 4. The van der Waals surface area contributed by atoms with Gasteiger partial charge in [0.1, 0.15) is 6.61 Å². The molecule has 5 nitrogen and oxygen atoms in total. The Morgan fingerprint density at radius 1 is 1.53 bits per heavy atom. The van der Waals surface area contributed by atoms with E-state index in [0.29, 0.717) is 25.5 Å². The molecule has 1 N–H and O–H groups in total. The Morgan fingerprint density at radius 2 is 2.32 bits per heavy atom. The maximum absolute atomic E-state index is 11.0.